The van der Waals surface area contributed by atoms with Gasteiger partial charge in [0.15, 0.2) is 0 Å². The Kier molecular flexibility index (Phi) is 5.74. The first kappa shape index (κ1) is 24.9. The number of rotatable bonds is 3. The van der Waals surface area contributed by atoms with Crippen molar-refractivity contribution >= 4 is 5.97 Å². The predicted octanol–water partition coefficient (Wildman–Crippen LogP) is 2.14. The lowest BCUT2D eigenvalue weighted by Gasteiger charge is -2.67. The summed E-state index contributed by atoms with van der Waals surface area (Å²) >= 11 is 0. The maximum atomic E-state index is 12.4. The van der Waals surface area contributed by atoms with Crippen LogP contribution in [0.15, 0.2) is 23.3 Å². The SMILES string of the molecule is C/C=C(\C)C(=O)O[C@@H](C)[C@]1(O)CC[C@@]2(O)[C@]1(C)[C@H](O)C[C@@H]1[C@@]3(C)CC[C@H](O)CC3=CC[C@]12O. The Hall–Kier alpha value is -1.25. The van der Waals surface area contributed by atoms with Gasteiger partial charge in [-0.05, 0) is 71.1 Å². The molecule has 0 aromatic rings. The van der Waals surface area contributed by atoms with E-state index in [-0.39, 0.29) is 25.7 Å². The number of ether oxygens (including phenoxy) is 1. The topological polar surface area (TPSA) is 127 Å². The van der Waals surface area contributed by atoms with Crippen LogP contribution in [0.4, 0.5) is 0 Å². The van der Waals surface area contributed by atoms with Crippen molar-refractivity contribution in [2.45, 2.75) is 115 Å². The molecule has 0 spiro atoms. The van der Waals surface area contributed by atoms with Crippen molar-refractivity contribution in [3.63, 3.8) is 0 Å². The van der Waals surface area contributed by atoms with Crippen LogP contribution in [0.3, 0.4) is 0 Å². The maximum Gasteiger partial charge on any atom is 0.333 e. The smallest absolute Gasteiger partial charge is 0.333 e. The van der Waals surface area contributed by atoms with Crippen LogP contribution >= 0.6 is 0 Å². The van der Waals surface area contributed by atoms with Crippen molar-refractivity contribution in [3.8, 4) is 0 Å². The van der Waals surface area contributed by atoms with Gasteiger partial charge in [0, 0.05) is 11.5 Å². The predicted molar refractivity (Wildman–Crippen MR) is 122 cm³/mol. The molecule has 7 nitrogen and oxygen atoms in total. The fourth-order valence-corrected chi connectivity index (χ4v) is 7.82. The van der Waals surface area contributed by atoms with E-state index in [9.17, 15) is 30.3 Å². The fourth-order valence-electron chi connectivity index (χ4n) is 7.82. The van der Waals surface area contributed by atoms with Crippen molar-refractivity contribution in [3.05, 3.63) is 23.3 Å². The van der Waals surface area contributed by atoms with E-state index >= 15 is 0 Å². The summed E-state index contributed by atoms with van der Waals surface area (Å²) in [4.78, 5) is 12.4. The van der Waals surface area contributed by atoms with Crippen molar-refractivity contribution in [2.75, 3.05) is 0 Å². The fraction of sp³-hybridized carbons (Fsp3) is 0.808. The van der Waals surface area contributed by atoms with Crippen molar-refractivity contribution in [1.82, 2.24) is 0 Å². The molecule has 33 heavy (non-hydrogen) atoms. The third kappa shape index (κ3) is 2.95. The molecule has 5 N–H and O–H groups in total. The molecule has 186 valence electrons. The Bertz CT molecular complexity index is 897. The molecule has 0 bridgehead atoms. The zero-order valence-corrected chi connectivity index (χ0v) is 20.5. The van der Waals surface area contributed by atoms with Crippen LogP contribution in [-0.4, -0.2) is 66.6 Å². The van der Waals surface area contributed by atoms with E-state index < -0.39 is 57.8 Å². The minimum Gasteiger partial charge on any atom is -0.456 e. The Labute approximate surface area is 196 Å². The van der Waals surface area contributed by atoms with Crippen LogP contribution in [0.2, 0.25) is 0 Å². The Morgan fingerprint density at radius 1 is 1.18 bits per heavy atom. The molecule has 7 heteroatoms. The lowest BCUT2D eigenvalue weighted by molar-refractivity contribution is -0.325. The highest BCUT2D eigenvalue weighted by Gasteiger charge is 2.80. The Morgan fingerprint density at radius 3 is 2.48 bits per heavy atom. The van der Waals surface area contributed by atoms with Crippen LogP contribution in [0, 0.1) is 16.7 Å². The molecule has 3 saturated carbocycles. The monoisotopic (exact) mass is 464 g/mol. The molecule has 4 aliphatic carbocycles. The van der Waals surface area contributed by atoms with Crippen LogP contribution in [-0.2, 0) is 9.53 Å². The van der Waals surface area contributed by atoms with Crippen LogP contribution in [0.5, 0.6) is 0 Å². The molecule has 0 unspecified atom stereocenters. The number of esters is 1. The highest BCUT2D eigenvalue weighted by molar-refractivity contribution is 5.87. The molecule has 0 heterocycles. The molecule has 4 aliphatic rings. The highest BCUT2D eigenvalue weighted by atomic mass is 16.6. The van der Waals surface area contributed by atoms with Gasteiger partial charge in [0.1, 0.15) is 22.9 Å². The van der Waals surface area contributed by atoms with Crippen molar-refractivity contribution < 1.29 is 35.1 Å². The first-order valence-electron chi connectivity index (χ1n) is 12.3. The lowest BCUT2D eigenvalue weighted by atomic mass is 9.42. The first-order valence-corrected chi connectivity index (χ1v) is 12.3. The second kappa shape index (κ2) is 7.62. The summed E-state index contributed by atoms with van der Waals surface area (Å²) in [5.41, 5.74) is -5.55. The molecule has 0 amide bonds. The van der Waals surface area contributed by atoms with E-state index in [1.807, 2.05) is 6.08 Å². The van der Waals surface area contributed by atoms with Gasteiger partial charge in [0.25, 0.3) is 0 Å². The Balaban J connectivity index is 1.76. The molecule has 0 aliphatic heterocycles. The third-order valence-electron chi connectivity index (χ3n) is 10.4. The van der Waals surface area contributed by atoms with Gasteiger partial charge in [-0.25, -0.2) is 4.79 Å². The van der Waals surface area contributed by atoms with Gasteiger partial charge < -0.3 is 30.3 Å². The molecule has 0 aromatic heterocycles. The van der Waals surface area contributed by atoms with Gasteiger partial charge in [0.05, 0.1) is 17.6 Å². The summed E-state index contributed by atoms with van der Waals surface area (Å²) in [6.07, 6.45) is 3.41. The normalized spacial score (nSPS) is 50.5. The zero-order chi connectivity index (χ0) is 24.6. The molecule has 4 rings (SSSR count). The largest absolute Gasteiger partial charge is 0.456 e. The lowest BCUT2D eigenvalue weighted by Crippen LogP contribution is -2.78. The van der Waals surface area contributed by atoms with E-state index in [2.05, 4.69) is 6.92 Å². The second-order valence-electron chi connectivity index (χ2n) is 11.5. The first-order chi connectivity index (χ1) is 15.2. The van der Waals surface area contributed by atoms with Crippen molar-refractivity contribution in [2.24, 2.45) is 16.7 Å². The minimum absolute atomic E-state index is 0.0798. The molecule has 0 radical (unpaired) electrons. The average molecular weight is 465 g/mol. The maximum absolute atomic E-state index is 12.4. The number of hydrogen-bond acceptors (Lipinski definition) is 7. The molecule has 0 aromatic carbocycles. The minimum atomic E-state index is -1.78. The van der Waals surface area contributed by atoms with Gasteiger partial charge >= 0.3 is 5.97 Å². The van der Waals surface area contributed by atoms with Gasteiger partial charge in [-0.2, -0.15) is 0 Å². The van der Waals surface area contributed by atoms with E-state index in [1.165, 1.54) is 0 Å². The molecule has 0 saturated heterocycles. The van der Waals surface area contributed by atoms with Crippen LogP contribution < -0.4 is 0 Å². The van der Waals surface area contributed by atoms with Crippen LogP contribution in [0.25, 0.3) is 0 Å². The number of aliphatic hydroxyl groups excluding tert-OH is 2. The standard InChI is InChI=1S/C26H40O7/c1-6-15(2)21(29)33-16(3)24(30)11-12-26(32)23(24,5)20(28)14-19-22(4)9-8-18(27)13-17(22)7-10-25(19,26)31/h6-7,16,18-20,27-28,30-32H,8-14H2,1-5H3/b15-6+/t16-,18-,19+,20+,22-,23+,24+,25-,26+/m0/s1. The number of allylic oxidation sites excluding steroid dienone is 1. The van der Waals surface area contributed by atoms with Gasteiger partial charge in [0.2, 0.25) is 0 Å². The van der Waals surface area contributed by atoms with Gasteiger partial charge in [-0.15, -0.1) is 0 Å². The van der Waals surface area contributed by atoms with E-state index in [4.69, 9.17) is 4.74 Å². The number of aliphatic hydroxyl groups is 5. The number of carbonyl (C=O) groups excluding carboxylic acids is 1. The second-order valence-corrected chi connectivity index (χ2v) is 11.5. The van der Waals surface area contributed by atoms with E-state index in [0.717, 1.165) is 5.57 Å². The average Bonchev–Trinajstić information content (AvgIpc) is 3.00. The number of hydrogen-bond donors (Lipinski definition) is 5. The van der Waals surface area contributed by atoms with E-state index in [1.54, 1.807) is 33.8 Å². The summed E-state index contributed by atoms with van der Waals surface area (Å²) in [5.74, 6) is -0.978. The number of carbonyl (C=O) groups is 1. The van der Waals surface area contributed by atoms with Crippen LogP contribution in [0.1, 0.15) is 79.6 Å². The summed E-state index contributed by atoms with van der Waals surface area (Å²) < 4.78 is 5.58. The van der Waals surface area contributed by atoms with Crippen molar-refractivity contribution in [1.29, 1.82) is 0 Å². The quantitative estimate of drug-likeness (QED) is 0.246. The summed E-state index contributed by atoms with van der Waals surface area (Å²) in [6.45, 7) is 8.62. The molecule has 3 fully saturated rings. The molecular weight excluding hydrogens is 424 g/mol. The third-order valence-corrected chi connectivity index (χ3v) is 10.4. The molecule has 9 atom stereocenters. The summed E-state index contributed by atoms with van der Waals surface area (Å²) in [7, 11) is 0. The summed E-state index contributed by atoms with van der Waals surface area (Å²) in [5, 5.41) is 58.1. The van der Waals surface area contributed by atoms with Gasteiger partial charge in [-0.1, -0.05) is 31.6 Å². The zero-order valence-electron chi connectivity index (χ0n) is 20.5. The van der Waals surface area contributed by atoms with E-state index in [0.29, 0.717) is 24.8 Å². The Morgan fingerprint density at radius 2 is 1.85 bits per heavy atom. The molecular formula is C26H40O7. The number of fused-ring (bicyclic) bond motifs is 5. The van der Waals surface area contributed by atoms with Gasteiger partial charge in [-0.3, -0.25) is 0 Å². The highest BCUT2D eigenvalue weighted by Crippen LogP contribution is 2.70. The summed E-state index contributed by atoms with van der Waals surface area (Å²) in [6, 6.07) is 0.